The number of hydrogen-bond donors (Lipinski definition) is 1. The van der Waals surface area contributed by atoms with Crippen LogP contribution < -0.4 is 14.8 Å². The Bertz CT molecular complexity index is 504. The fourth-order valence-corrected chi connectivity index (χ4v) is 3.57. The lowest BCUT2D eigenvalue weighted by Crippen LogP contribution is -2.15. The molecule has 0 heterocycles. The summed E-state index contributed by atoms with van der Waals surface area (Å²) >= 11 is 0. The predicted octanol–water partition coefficient (Wildman–Crippen LogP) is 8.05. The molecule has 0 unspecified atom stereocenters. The third kappa shape index (κ3) is 13.9. The number of benzene rings is 1. The van der Waals surface area contributed by atoms with Crippen LogP contribution in [0.5, 0.6) is 11.5 Å². The molecule has 0 bridgehead atoms. The third-order valence-electron chi connectivity index (χ3n) is 5.58. The van der Waals surface area contributed by atoms with E-state index in [0.29, 0.717) is 0 Å². The Morgan fingerprint density at radius 1 is 0.633 bits per heavy atom. The average molecular weight is 420 g/mol. The Kier molecular flexibility index (Phi) is 17.6. The molecule has 1 N–H and O–H groups in total. The minimum Gasteiger partial charge on any atom is -0.493 e. The van der Waals surface area contributed by atoms with Gasteiger partial charge in [-0.25, -0.2) is 0 Å². The van der Waals surface area contributed by atoms with Crippen LogP contribution in [0.2, 0.25) is 0 Å². The van der Waals surface area contributed by atoms with Gasteiger partial charge in [-0.05, 0) is 31.9 Å². The number of ether oxygens (including phenoxy) is 2. The molecule has 1 aromatic carbocycles. The topological polar surface area (TPSA) is 30.5 Å². The van der Waals surface area contributed by atoms with E-state index in [2.05, 4.69) is 44.3 Å². The summed E-state index contributed by atoms with van der Waals surface area (Å²) in [6, 6.07) is 6.38. The molecule has 1 aromatic rings. The summed E-state index contributed by atoms with van der Waals surface area (Å²) in [6.45, 7) is 10.3. The van der Waals surface area contributed by atoms with Crippen molar-refractivity contribution in [2.75, 3.05) is 19.8 Å². The van der Waals surface area contributed by atoms with Crippen molar-refractivity contribution in [2.45, 2.75) is 117 Å². The van der Waals surface area contributed by atoms with Crippen molar-refractivity contribution in [1.29, 1.82) is 0 Å². The molecule has 30 heavy (non-hydrogen) atoms. The van der Waals surface area contributed by atoms with E-state index in [1.54, 1.807) is 0 Å². The highest BCUT2D eigenvalue weighted by molar-refractivity contribution is 5.40. The largest absolute Gasteiger partial charge is 0.493 e. The molecule has 0 fully saturated rings. The Morgan fingerprint density at radius 3 is 1.83 bits per heavy atom. The van der Waals surface area contributed by atoms with Crippen molar-refractivity contribution in [3.05, 3.63) is 23.8 Å². The average Bonchev–Trinajstić information content (AvgIpc) is 2.76. The van der Waals surface area contributed by atoms with Crippen molar-refractivity contribution in [3.8, 4) is 11.5 Å². The summed E-state index contributed by atoms with van der Waals surface area (Å²) in [5.74, 6) is 1.94. The van der Waals surface area contributed by atoms with Gasteiger partial charge < -0.3 is 14.8 Å². The maximum absolute atomic E-state index is 6.19. The Morgan fingerprint density at radius 2 is 1.20 bits per heavy atom. The van der Waals surface area contributed by atoms with Gasteiger partial charge in [-0.1, -0.05) is 97.5 Å². The van der Waals surface area contributed by atoms with Crippen molar-refractivity contribution in [1.82, 2.24) is 5.32 Å². The van der Waals surface area contributed by atoms with Crippen LogP contribution in [0.4, 0.5) is 0 Å². The lowest BCUT2D eigenvalue weighted by atomic mass is 10.1. The second-order valence-electron chi connectivity index (χ2n) is 8.53. The van der Waals surface area contributed by atoms with E-state index in [1.807, 2.05) is 0 Å². The van der Waals surface area contributed by atoms with Crippen molar-refractivity contribution in [2.24, 2.45) is 0 Å². The Balaban J connectivity index is 2.44. The van der Waals surface area contributed by atoms with Gasteiger partial charge >= 0.3 is 0 Å². The monoisotopic (exact) mass is 419 g/mol. The van der Waals surface area contributed by atoms with Gasteiger partial charge in [0.25, 0.3) is 0 Å². The van der Waals surface area contributed by atoms with Crippen LogP contribution in [0, 0.1) is 0 Å². The summed E-state index contributed by atoms with van der Waals surface area (Å²) in [5.41, 5.74) is 1.24. The molecule has 0 amide bonds. The summed E-state index contributed by atoms with van der Waals surface area (Å²) in [4.78, 5) is 0. The van der Waals surface area contributed by atoms with E-state index < -0.39 is 0 Å². The number of hydrogen-bond acceptors (Lipinski definition) is 3. The number of nitrogens with one attached hydrogen (secondary N) is 1. The Labute approximate surface area is 187 Å². The summed E-state index contributed by atoms with van der Waals surface area (Å²) in [6.07, 6.45) is 17.9. The van der Waals surface area contributed by atoms with Gasteiger partial charge in [-0.3, -0.25) is 0 Å². The molecule has 1 rings (SSSR count). The second kappa shape index (κ2) is 19.7. The lowest BCUT2D eigenvalue weighted by Gasteiger charge is -2.15. The molecule has 0 aliphatic rings. The van der Waals surface area contributed by atoms with E-state index in [1.165, 1.54) is 82.6 Å². The predicted molar refractivity (Wildman–Crippen MR) is 131 cm³/mol. The molecule has 0 atom stereocenters. The quantitative estimate of drug-likeness (QED) is 0.204. The van der Waals surface area contributed by atoms with Crippen molar-refractivity contribution >= 4 is 0 Å². The highest BCUT2D eigenvalue weighted by Crippen LogP contribution is 2.26. The molecule has 3 heteroatoms. The second-order valence-corrected chi connectivity index (χ2v) is 8.53. The van der Waals surface area contributed by atoms with Crippen LogP contribution >= 0.6 is 0 Å². The Hall–Kier alpha value is -1.22. The van der Waals surface area contributed by atoms with Gasteiger partial charge in [0.15, 0.2) is 0 Å². The summed E-state index contributed by atoms with van der Waals surface area (Å²) < 4.78 is 12.2. The van der Waals surface area contributed by atoms with Gasteiger partial charge in [-0.2, -0.15) is 0 Å². The summed E-state index contributed by atoms with van der Waals surface area (Å²) in [5, 5.41) is 3.54. The van der Waals surface area contributed by atoms with E-state index >= 15 is 0 Å². The van der Waals surface area contributed by atoms with Gasteiger partial charge in [-0.15, -0.1) is 0 Å². The first kappa shape index (κ1) is 26.8. The van der Waals surface area contributed by atoms with Crippen LogP contribution in [-0.4, -0.2) is 19.8 Å². The minimum absolute atomic E-state index is 0.801. The van der Waals surface area contributed by atoms with E-state index in [0.717, 1.165) is 50.6 Å². The zero-order chi connectivity index (χ0) is 21.7. The van der Waals surface area contributed by atoms with Gasteiger partial charge in [0.2, 0.25) is 0 Å². The van der Waals surface area contributed by atoms with Gasteiger partial charge in [0.1, 0.15) is 11.5 Å². The molecule has 174 valence electrons. The first-order valence-electron chi connectivity index (χ1n) is 12.9. The molecule has 3 nitrogen and oxygen atoms in total. The molecule has 0 saturated heterocycles. The van der Waals surface area contributed by atoms with Crippen LogP contribution in [0.15, 0.2) is 18.2 Å². The highest BCUT2D eigenvalue weighted by Gasteiger charge is 2.07. The molecular formula is C27H49NO2. The maximum atomic E-state index is 6.19. The highest BCUT2D eigenvalue weighted by atomic mass is 16.5. The zero-order valence-corrected chi connectivity index (χ0v) is 20.3. The molecule has 0 aromatic heterocycles. The molecule has 0 saturated carbocycles. The van der Waals surface area contributed by atoms with E-state index in [-0.39, 0.29) is 0 Å². The minimum atomic E-state index is 0.801. The van der Waals surface area contributed by atoms with Gasteiger partial charge in [0.05, 0.1) is 13.2 Å². The van der Waals surface area contributed by atoms with Crippen LogP contribution in [0.3, 0.4) is 0 Å². The summed E-state index contributed by atoms with van der Waals surface area (Å²) in [7, 11) is 0. The SMILES string of the molecule is CCCCCCCCOc1ccc(CNCCCC)c(OCCCCCCCC)c1. The fourth-order valence-electron chi connectivity index (χ4n) is 3.57. The fraction of sp³-hybridized carbons (Fsp3) is 0.778. The maximum Gasteiger partial charge on any atom is 0.127 e. The number of unbranched alkanes of at least 4 members (excludes halogenated alkanes) is 11. The normalized spacial score (nSPS) is 11.0. The van der Waals surface area contributed by atoms with Crippen LogP contribution in [0.1, 0.15) is 116 Å². The van der Waals surface area contributed by atoms with Crippen molar-refractivity contribution < 1.29 is 9.47 Å². The van der Waals surface area contributed by atoms with E-state index in [4.69, 9.17) is 9.47 Å². The number of rotatable bonds is 21. The standard InChI is InChI=1S/C27H49NO2/c1-4-7-10-12-14-16-21-29-26-19-18-25(24-28-20-9-6-3)27(23-26)30-22-17-15-13-11-8-5-2/h18-19,23,28H,4-17,20-22,24H2,1-3H3. The molecule has 0 aliphatic carbocycles. The van der Waals surface area contributed by atoms with Gasteiger partial charge in [0, 0.05) is 18.2 Å². The van der Waals surface area contributed by atoms with E-state index in [9.17, 15) is 0 Å². The third-order valence-corrected chi connectivity index (χ3v) is 5.58. The lowest BCUT2D eigenvalue weighted by molar-refractivity contribution is 0.287. The molecule has 0 radical (unpaired) electrons. The zero-order valence-electron chi connectivity index (χ0n) is 20.3. The smallest absolute Gasteiger partial charge is 0.127 e. The van der Waals surface area contributed by atoms with Crippen molar-refractivity contribution in [3.63, 3.8) is 0 Å². The first-order chi connectivity index (χ1) is 14.8. The van der Waals surface area contributed by atoms with Crippen LogP contribution in [0.25, 0.3) is 0 Å². The molecular weight excluding hydrogens is 370 g/mol. The molecule has 0 spiro atoms. The first-order valence-corrected chi connectivity index (χ1v) is 12.9. The van der Waals surface area contributed by atoms with Crippen LogP contribution in [-0.2, 0) is 6.54 Å². The molecule has 0 aliphatic heterocycles.